The van der Waals surface area contributed by atoms with Crippen molar-refractivity contribution < 1.29 is 33.4 Å². The molecule has 2 fully saturated rings. The van der Waals surface area contributed by atoms with Crippen molar-refractivity contribution in [1.82, 2.24) is 10.2 Å². The Morgan fingerprint density at radius 2 is 1.76 bits per heavy atom. The van der Waals surface area contributed by atoms with Crippen LogP contribution in [0, 0.1) is 0 Å². The quantitative estimate of drug-likeness (QED) is 0.594. The molecule has 2 aromatic rings. The number of fused-ring (bicyclic) bond motifs is 3. The van der Waals surface area contributed by atoms with Gasteiger partial charge in [0.25, 0.3) is 5.91 Å². The van der Waals surface area contributed by atoms with E-state index >= 15 is 0 Å². The van der Waals surface area contributed by atoms with Crippen LogP contribution in [0.3, 0.4) is 0 Å². The lowest BCUT2D eigenvalue weighted by Gasteiger charge is -2.23. The van der Waals surface area contributed by atoms with Gasteiger partial charge >= 0.3 is 5.97 Å². The molecule has 3 aliphatic rings. The van der Waals surface area contributed by atoms with Crippen LogP contribution in [0.2, 0.25) is 0 Å². The normalized spacial score (nSPS) is 20.0. The van der Waals surface area contributed by atoms with Crippen LogP contribution in [0.4, 0.5) is 0 Å². The van der Waals surface area contributed by atoms with Gasteiger partial charge < -0.3 is 24.4 Å². The summed E-state index contributed by atoms with van der Waals surface area (Å²) in [6, 6.07) is 11.2. The Kier molecular flexibility index (Phi) is 5.22. The van der Waals surface area contributed by atoms with Crippen molar-refractivity contribution in [2.45, 2.75) is 18.2 Å². The molecule has 0 radical (unpaired) electrons. The van der Waals surface area contributed by atoms with E-state index in [1.54, 1.807) is 30.3 Å². The molecule has 0 aromatic heterocycles. The second-order valence-corrected chi connectivity index (χ2v) is 8.19. The van der Waals surface area contributed by atoms with Crippen LogP contribution in [0.25, 0.3) is 11.1 Å². The predicted octanol–water partition coefficient (Wildman–Crippen LogP) is 1.14. The van der Waals surface area contributed by atoms with Crippen LogP contribution >= 0.6 is 0 Å². The van der Waals surface area contributed by atoms with Crippen LogP contribution in [-0.2, 0) is 23.8 Å². The van der Waals surface area contributed by atoms with Crippen molar-refractivity contribution in [3.05, 3.63) is 59.2 Å². The minimum atomic E-state index is -1.02. The van der Waals surface area contributed by atoms with E-state index in [2.05, 4.69) is 5.32 Å². The minimum absolute atomic E-state index is 0.0732. The van der Waals surface area contributed by atoms with Crippen molar-refractivity contribution in [1.29, 1.82) is 0 Å². The van der Waals surface area contributed by atoms with Gasteiger partial charge in [-0.15, -0.1) is 0 Å². The molecule has 1 aliphatic carbocycles. The molecule has 2 saturated heterocycles. The van der Waals surface area contributed by atoms with Crippen LogP contribution < -0.4 is 5.32 Å². The standard InChI is InChI=1S/C24H22N2O7/c1-31-23(30)19-11-24(32-8-9-33-24)13-26(19)20(27)12-25-22(29)14-6-7-17-18(10-14)15-4-2-3-5-16(15)21(17)28/h2-7,10,19H,8-9,11-13H2,1H3,(H,25,29)/t19-/m0/s1. The lowest BCUT2D eigenvalue weighted by Crippen LogP contribution is -2.46. The Labute approximate surface area is 189 Å². The number of likely N-dealkylation sites (tertiary alicyclic amines) is 1. The van der Waals surface area contributed by atoms with E-state index < -0.39 is 29.6 Å². The lowest BCUT2D eigenvalue weighted by atomic mass is 10.0. The largest absolute Gasteiger partial charge is 0.467 e. The number of hydrogen-bond donors (Lipinski definition) is 1. The van der Waals surface area contributed by atoms with Crippen molar-refractivity contribution in [3.63, 3.8) is 0 Å². The van der Waals surface area contributed by atoms with Crippen molar-refractivity contribution in [3.8, 4) is 11.1 Å². The minimum Gasteiger partial charge on any atom is -0.467 e. The molecule has 0 saturated carbocycles. The summed E-state index contributed by atoms with van der Waals surface area (Å²) in [5, 5.41) is 2.61. The molecule has 2 amide bonds. The number of ether oxygens (including phenoxy) is 3. The van der Waals surface area contributed by atoms with Crippen molar-refractivity contribution in [2.75, 3.05) is 33.4 Å². The highest BCUT2D eigenvalue weighted by atomic mass is 16.7. The maximum atomic E-state index is 12.9. The summed E-state index contributed by atoms with van der Waals surface area (Å²) in [7, 11) is 1.25. The fourth-order valence-corrected chi connectivity index (χ4v) is 4.68. The van der Waals surface area contributed by atoms with Crippen molar-refractivity contribution >= 4 is 23.6 Å². The van der Waals surface area contributed by atoms with Crippen LogP contribution in [0.1, 0.15) is 32.7 Å². The first-order chi connectivity index (χ1) is 15.9. The smallest absolute Gasteiger partial charge is 0.328 e. The number of nitrogens with one attached hydrogen (secondary N) is 1. The molecule has 2 aromatic carbocycles. The van der Waals surface area contributed by atoms with Gasteiger partial charge in [-0.25, -0.2) is 4.79 Å². The third-order valence-electron chi connectivity index (χ3n) is 6.29. The van der Waals surface area contributed by atoms with Gasteiger partial charge in [-0.05, 0) is 29.3 Å². The van der Waals surface area contributed by atoms with Crippen LogP contribution in [-0.4, -0.2) is 73.7 Å². The zero-order chi connectivity index (χ0) is 23.2. The monoisotopic (exact) mass is 450 g/mol. The number of methoxy groups -OCH3 is 1. The molecule has 5 rings (SSSR count). The molecule has 9 nitrogen and oxygen atoms in total. The molecule has 1 atom stereocenters. The Morgan fingerprint density at radius 1 is 1.06 bits per heavy atom. The maximum absolute atomic E-state index is 12.9. The summed E-state index contributed by atoms with van der Waals surface area (Å²) >= 11 is 0. The molecule has 1 spiro atoms. The highest BCUT2D eigenvalue weighted by molar-refractivity contribution is 6.22. The number of amides is 2. The number of ketones is 1. The molecule has 1 N–H and O–H groups in total. The molecule has 0 bridgehead atoms. The zero-order valence-electron chi connectivity index (χ0n) is 18.0. The highest BCUT2D eigenvalue weighted by Gasteiger charge is 2.52. The Hall–Kier alpha value is -3.56. The average molecular weight is 450 g/mol. The summed E-state index contributed by atoms with van der Waals surface area (Å²) in [5.41, 5.74) is 2.95. The third-order valence-corrected chi connectivity index (χ3v) is 6.29. The molecule has 9 heteroatoms. The van der Waals surface area contributed by atoms with Crippen LogP contribution in [0.15, 0.2) is 42.5 Å². The van der Waals surface area contributed by atoms with Gasteiger partial charge in [-0.2, -0.15) is 0 Å². The third kappa shape index (κ3) is 3.59. The molecular formula is C24H22N2O7. The number of rotatable bonds is 4. The molecule has 2 heterocycles. The zero-order valence-corrected chi connectivity index (χ0v) is 18.0. The molecule has 170 valence electrons. The fourth-order valence-electron chi connectivity index (χ4n) is 4.68. The van der Waals surface area contributed by atoms with E-state index in [1.807, 2.05) is 12.1 Å². The second-order valence-electron chi connectivity index (χ2n) is 8.19. The first-order valence-corrected chi connectivity index (χ1v) is 10.6. The van der Waals surface area contributed by atoms with Gasteiger partial charge in [0.2, 0.25) is 5.91 Å². The van der Waals surface area contributed by atoms with Crippen molar-refractivity contribution in [2.24, 2.45) is 0 Å². The van der Waals surface area contributed by atoms with E-state index in [4.69, 9.17) is 14.2 Å². The van der Waals surface area contributed by atoms with Gasteiger partial charge in [0.1, 0.15) is 6.04 Å². The van der Waals surface area contributed by atoms with Gasteiger partial charge in [0, 0.05) is 23.1 Å². The maximum Gasteiger partial charge on any atom is 0.328 e. The summed E-state index contributed by atoms with van der Waals surface area (Å²) in [6.07, 6.45) is 0.178. The average Bonchev–Trinajstić information content (AvgIpc) is 3.54. The summed E-state index contributed by atoms with van der Waals surface area (Å²) < 4.78 is 16.1. The van der Waals surface area contributed by atoms with E-state index in [9.17, 15) is 19.2 Å². The molecule has 0 unspecified atom stereocenters. The number of carbonyl (C=O) groups excluding carboxylic acids is 4. The number of hydrogen-bond acceptors (Lipinski definition) is 7. The van der Waals surface area contributed by atoms with Gasteiger partial charge in [0.05, 0.1) is 33.4 Å². The molecule has 2 aliphatic heterocycles. The van der Waals surface area contributed by atoms with E-state index in [-0.39, 0.29) is 25.3 Å². The van der Waals surface area contributed by atoms with Gasteiger partial charge in [-0.1, -0.05) is 24.3 Å². The Morgan fingerprint density at radius 3 is 2.48 bits per heavy atom. The Bertz CT molecular complexity index is 1170. The van der Waals surface area contributed by atoms with E-state index in [1.165, 1.54) is 12.0 Å². The SMILES string of the molecule is COC(=O)[C@@H]1CC2(CN1C(=O)CNC(=O)c1ccc3c(c1)-c1ccccc1C3=O)OCCO2. The first-order valence-electron chi connectivity index (χ1n) is 10.6. The fraction of sp³-hybridized carbons (Fsp3) is 0.333. The van der Waals surface area contributed by atoms with Gasteiger partial charge in [0.15, 0.2) is 11.6 Å². The number of nitrogens with zero attached hydrogens (tertiary/aromatic N) is 1. The summed E-state index contributed by atoms with van der Waals surface area (Å²) in [5.74, 6) is -2.56. The summed E-state index contributed by atoms with van der Waals surface area (Å²) in [4.78, 5) is 51.8. The Balaban J connectivity index is 1.29. The first kappa shape index (κ1) is 21.3. The van der Waals surface area contributed by atoms with Gasteiger partial charge in [-0.3, -0.25) is 14.4 Å². The number of esters is 1. The lowest BCUT2D eigenvalue weighted by molar-refractivity contribution is -0.152. The molecule has 33 heavy (non-hydrogen) atoms. The topological polar surface area (TPSA) is 111 Å². The van der Waals surface area contributed by atoms with Crippen LogP contribution in [0.5, 0.6) is 0 Å². The number of carbonyl (C=O) groups is 4. The number of benzene rings is 2. The summed E-state index contributed by atoms with van der Waals surface area (Å²) in [6.45, 7) is 0.543. The highest BCUT2D eigenvalue weighted by Crippen LogP contribution is 2.37. The van der Waals surface area contributed by atoms with E-state index in [0.29, 0.717) is 35.5 Å². The predicted molar refractivity (Wildman–Crippen MR) is 114 cm³/mol. The molecular weight excluding hydrogens is 428 g/mol. The second kappa shape index (κ2) is 8.09. The van der Waals surface area contributed by atoms with E-state index in [0.717, 1.165) is 5.56 Å².